The molecule has 6 nitrogen and oxygen atoms in total. The van der Waals surface area contributed by atoms with Crippen LogP contribution in [0.1, 0.15) is 48.3 Å². The van der Waals surface area contributed by atoms with E-state index in [1.165, 1.54) is 6.42 Å². The molecular weight excluding hydrogens is 254 g/mol. The molecule has 2 heterocycles. The van der Waals surface area contributed by atoms with Gasteiger partial charge >= 0.3 is 0 Å². The number of rotatable bonds is 0. The van der Waals surface area contributed by atoms with Crippen molar-refractivity contribution in [2.24, 2.45) is 0 Å². The summed E-state index contributed by atoms with van der Waals surface area (Å²) in [5, 5.41) is 15.3. The molecule has 0 bridgehead atoms. The summed E-state index contributed by atoms with van der Waals surface area (Å²) in [6.45, 7) is 0. The van der Waals surface area contributed by atoms with Crippen LogP contribution in [0.25, 0.3) is 5.69 Å². The van der Waals surface area contributed by atoms with E-state index in [0.29, 0.717) is 5.56 Å². The summed E-state index contributed by atoms with van der Waals surface area (Å²) >= 11 is 0. The maximum absolute atomic E-state index is 12.5. The zero-order chi connectivity index (χ0) is 13.6. The van der Waals surface area contributed by atoms with Gasteiger partial charge in [0.15, 0.2) is 5.82 Å². The fourth-order valence-corrected chi connectivity index (χ4v) is 3.34. The van der Waals surface area contributed by atoms with Gasteiger partial charge in [0.1, 0.15) is 5.54 Å². The second-order valence-electron chi connectivity index (χ2n) is 5.53. The number of nitrogens with one attached hydrogen (secondary N) is 1. The first-order valence-electron chi connectivity index (χ1n) is 7.01. The van der Waals surface area contributed by atoms with Crippen molar-refractivity contribution in [1.29, 1.82) is 0 Å². The number of benzene rings is 1. The van der Waals surface area contributed by atoms with Crippen molar-refractivity contribution in [3.63, 3.8) is 0 Å². The van der Waals surface area contributed by atoms with Crippen LogP contribution in [-0.4, -0.2) is 26.1 Å². The van der Waals surface area contributed by atoms with Gasteiger partial charge in [0.2, 0.25) is 0 Å². The number of carbonyl (C=O) groups is 1. The monoisotopic (exact) mass is 269 g/mol. The molecule has 1 spiro atoms. The predicted molar refractivity (Wildman–Crippen MR) is 71.4 cm³/mol. The van der Waals surface area contributed by atoms with E-state index in [-0.39, 0.29) is 5.91 Å². The number of nitrogens with zero attached hydrogens (tertiary/aromatic N) is 4. The first-order valence-corrected chi connectivity index (χ1v) is 7.01. The van der Waals surface area contributed by atoms with E-state index < -0.39 is 5.54 Å². The van der Waals surface area contributed by atoms with Crippen molar-refractivity contribution in [1.82, 2.24) is 25.5 Å². The van der Waals surface area contributed by atoms with Gasteiger partial charge in [0.05, 0.1) is 11.3 Å². The second kappa shape index (κ2) is 4.13. The highest BCUT2D eigenvalue weighted by molar-refractivity contribution is 5.98. The van der Waals surface area contributed by atoms with Gasteiger partial charge in [-0.05, 0) is 35.4 Å². The van der Waals surface area contributed by atoms with Crippen LogP contribution in [0, 0.1) is 0 Å². The molecule has 0 saturated heterocycles. The summed E-state index contributed by atoms with van der Waals surface area (Å²) in [4.78, 5) is 12.5. The van der Waals surface area contributed by atoms with Gasteiger partial charge < -0.3 is 5.32 Å². The topological polar surface area (TPSA) is 72.7 Å². The standard InChI is InChI=1S/C14H15N5O/c20-12-10-6-2-3-7-11(10)19-13(16-17-18-19)14(15-12)8-4-1-5-9-14/h2-3,6-7H,1,4-5,8-9H2,(H,15,20). The first-order chi connectivity index (χ1) is 9.80. The molecule has 1 amide bonds. The number of tetrazole rings is 1. The Morgan fingerprint density at radius 3 is 2.80 bits per heavy atom. The first kappa shape index (κ1) is 11.6. The zero-order valence-electron chi connectivity index (χ0n) is 11.0. The normalized spacial score (nSPS) is 19.9. The Morgan fingerprint density at radius 2 is 1.95 bits per heavy atom. The predicted octanol–water partition coefficient (Wildman–Crippen LogP) is 1.57. The Balaban J connectivity index is 1.96. The Morgan fingerprint density at radius 1 is 1.15 bits per heavy atom. The minimum absolute atomic E-state index is 0.0465. The average molecular weight is 269 g/mol. The highest BCUT2D eigenvalue weighted by atomic mass is 16.2. The highest BCUT2D eigenvalue weighted by Crippen LogP contribution is 2.38. The number of para-hydroxylation sites is 1. The van der Waals surface area contributed by atoms with Gasteiger partial charge in [-0.3, -0.25) is 4.79 Å². The molecule has 1 aliphatic carbocycles. The van der Waals surface area contributed by atoms with Gasteiger partial charge in [-0.15, -0.1) is 5.10 Å². The van der Waals surface area contributed by atoms with Gasteiger partial charge in [-0.2, -0.15) is 4.68 Å². The van der Waals surface area contributed by atoms with Crippen molar-refractivity contribution in [2.45, 2.75) is 37.6 Å². The fourth-order valence-electron chi connectivity index (χ4n) is 3.34. The molecular formula is C14H15N5O. The molecule has 6 heteroatoms. The molecule has 1 N–H and O–H groups in total. The van der Waals surface area contributed by atoms with E-state index in [1.807, 2.05) is 24.3 Å². The summed E-state index contributed by atoms with van der Waals surface area (Å²) < 4.78 is 1.72. The number of hydrogen-bond acceptors (Lipinski definition) is 4. The van der Waals surface area contributed by atoms with E-state index in [0.717, 1.165) is 37.2 Å². The molecule has 2 aromatic rings. The number of amides is 1. The maximum atomic E-state index is 12.5. The lowest BCUT2D eigenvalue weighted by Gasteiger charge is -2.35. The molecule has 1 fully saturated rings. The van der Waals surface area contributed by atoms with Crippen molar-refractivity contribution in [3.8, 4) is 5.69 Å². The minimum Gasteiger partial charge on any atom is -0.339 e. The molecule has 0 radical (unpaired) electrons. The van der Waals surface area contributed by atoms with Crippen molar-refractivity contribution >= 4 is 5.91 Å². The van der Waals surface area contributed by atoms with Crippen LogP contribution in [0.2, 0.25) is 0 Å². The van der Waals surface area contributed by atoms with Gasteiger partial charge in [0, 0.05) is 0 Å². The van der Waals surface area contributed by atoms with Crippen LogP contribution < -0.4 is 5.32 Å². The van der Waals surface area contributed by atoms with Crippen LogP contribution in [0.3, 0.4) is 0 Å². The quantitative estimate of drug-likeness (QED) is 0.787. The van der Waals surface area contributed by atoms with E-state index in [1.54, 1.807) is 4.68 Å². The largest absolute Gasteiger partial charge is 0.339 e. The zero-order valence-corrected chi connectivity index (χ0v) is 11.0. The summed E-state index contributed by atoms with van der Waals surface area (Å²) in [6, 6.07) is 7.46. The smallest absolute Gasteiger partial charge is 0.254 e. The van der Waals surface area contributed by atoms with Crippen molar-refractivity contribution in [3.05, 3.63) is 35.7 Å². The Hall–Kier alpha value is -2.24. The van der Waals surface area contributed by atoms with Gasteiger partial charge in [-0.25, -0.2) is 0 Å². The van der Waals surface area contributed by atoms with E-state index in [9.17, 15) is 4.79 Å². The number of aromatic nitrogens is 4. The molecule has 102 valence electrons. The lowest BCUT2D eigenvalue weighted by molar-refractivity contribution is 0.0864. The van der Waals surface area contributed by atoms with Crippen molar-refractivity contribution < 1.29 is 4.79 Å². The SMILES string of the molecule is O=C1NC2(CCCCC2)c2nnnn2-c2ccccc21. The number of fused-ring (bicyclic) bond motifs is 4. The molecule has 1 aliphatic heterocycles. The molecule has 4 rings (SSSR count). The maximum Gasteiger partial charge on any atom is 0.254 e. The third kappa shape index (κ3) is 1.51. The Kier molecular flexibility index (Phi) is 2.39. The lowest BCUT2D eigenvalue weighted by atomic mass is 9.81. The molecule has 1 saturated carbocycles. The summed E-state index contributed by atoms with van der Waals surface area (Å²) in [5.41, 5.74) is 0.966. The van der Waals surface area contributed by atoms with E-state index in [4.69, 9.17) is 0 Å². The summed E-state index contributed by atoms with van der Waals surface area (Å²) in [6.07, 6.45) is 5.17. The minimum atomic E-state index is -0.419. The molecule has 1 aromatic carbocycles. The number of hydrogen-bond donors (Lipinski definition) is 1. The Bertz CT molecular complexity index is 672. The lowest BCUT2D eigenvalue weighted by Crippen LogP contribution is -2.47. The van der Waals surface area contributed by atoms with E-state index in [2.05, 4.69) is 20.8 Å². The average Bonchev–Trinajstić information content (AvgIpc) is 2.95. The molecule has 2 aliphatic rings. The highest BCUT2D eigenvalue weighted by Gasteiger charge is 2.43. The number of carbonyl (C=O) groups excluding carboxylic acids is 1. The molecule has 0 unspecified atom stereocenters. The van der Waals surface area contributed by atoms with Gasteiger partial charge in [0.25, 0.3) is 5.91 Å². The van der Waals surface area contributed by atoms with E-state index >= 15 is 0 Å². The van der Waals surface area contributed by atoms with Crippen LogP contribution in [0.4, 0.5) is 0 Å². The van der Waals surface area contributed by atoms with Gasteiger partial charge in [-0.1, -0.05) is 31.4 Å². The summed E-state index contributed by atoms with van der Waals surface area (Å²) in [5.74, 6) is 0.713. The van der Waals surface area contributed by atoms with Crippen LogP contribution in [0.15, 0.2) is 24.3 Å². The van der Waals surface area contributed by atoms with Crippen LogP contribution in [-0.2, 0) is 5.54 Å². The third-order valence-electron chi connectivity index (χ3n) is 4.33. The van der Waals surface area contributed by atoms with Crippen molar-refractivity contribution in [2.75, 3.05) is 0 Å². The summed E-state index contributed by atoms with van der Waals surface area (Å²) in [7, 11) is 0. The molecule has 20 heavy (non-hydrogen) atoms. The fraction of sp³-hybridized carbons (Fsp3) is 0.429. The molecule has 1 aromatic heterocycles. The molecule has 0 atom stereocenters. The Labute approximate surface area is 116 Å². The third-order valence-corrected chi connectivity index (χ3v) is 4.33. The van der Waals surface area contributed by atoms with Crippen LogP contribution in [0.5, 0.6) is 0 Å². The van der Waals surface area contributed by atoms with Crippen LogP contribution >= 0.6 is 0 Å². The second-order valence-corrected chi connectivity index (χ2v) is 5.53.